The van der Waals surface area contributed by atoms with Crippen molar-refractivity contribution in [2.75, 3.05) is 18.5 Å². The average Bonchev–Trinajstić information content (AvgIpc) is 2.25. The monoisotopic (exact) mass is 260 g/mol. The van der Waals surface area contributed by atoms with E-state index >= 15 is 0 Å². The second kappa shape index (κ2) is 6.61. The second-order valence-electron chi connectivity index (χ2n) is 3.06. The first-order valence-electron chi connectivity index (χ1n) is 5.02. The van der Waals surface area contributed by atoms with Crippen molar-refractivity contribution in [2.24, 2.45) is 0 Å². The van der Waals surface area contributed by atoms with Gasteiger partial charge in [-0.3, -0.25) is 0 Å². The Morgan fingerprint density at radius 2 is 2.25 bits per heavy atom. The zero-order valence-electron chi connectivity index (χ0n) is 9.09. The highest BCUT2D eigenvalue weighted by molar-refractivity contribution is 6.36. The fourth-order valence-electron chi connectivity index (χ4n) is 1.08. The minimum Gasteiger partial charge on any atom is -0.476 e. The molecule has 0 atom stereocenters. The van der Waals surface area contributed by atoms with Crippen LogP contribution in [0.2, 0.25) is 10.0 Å². The Morgan fingerprint density at radius 3 is 2.88 bits per heavy atom. The normalized spacial score (nSPS) is 9.94. The van der Waals surface area contributed by atoms with E-state index in [0.717, 1.165) is 13.0 Å². The summed E-state index contributed by atoms with van der Waals surface area (Å²) >= 11 is 11.9. The summed E-state index contributed by atoms with van der Waals surface area (Å²) < 4.78 is 5.41. The highest BCUT2D eigenvalue weighted by Gasteiger charge is 2.09. The number of hydrogen-bond donors (Lipinski definition) is 1. The lowest BCUT2D eigenvalue weighted by molar-refractivity contribution is 0.313. The molecule has 5 heteroatoms. The molecule has 0 bridgehead atoms. The van der Waals surface area contributed by atoms with Gasteiger partial charge in [-0.05, 0) is 19.4 Å². The third-order valence-electron chi connectivity index (χ3n) is 1.80. The number of hydrogen-bond acceptors (Lipinski definition) is 3. The fraction of sp³-hybridized carbons (Fsp3) is 0.364. The van der Waals surface area contributed by atoms with Crippen LogP contribution in [-0.2, 0) is 0 Å². The zero-order valence-corrected chi connectivity index (χ0v) is 10.6. The second-order valence-corrected chi connectivity index (χ2v) is 3.88. The fourth-order valence-corrected chi connectivity index (χ4v) is 1.56. The lowest BCUT2D eigenvalue weighted by atomic mass is 10.4. The third-order valence-corrected chi connectivity index (χ3v) is 2.36. The summed E-state index contributed by atoms with van der Waals surface area (Å²) in [6.07, 6.45) is 2.52. The van der Waals surface area contributed by atoms with E-state index in [0.29, 0.717) is 28.3 Å². The van der Waals surface area contributed by atoms with Gasteiger partial charge in [0.2, 0.25) is 5.88 Å². The summed E-state index contributed by atoms with van der Waals surface area (Å²) in [5.74, 6) is 0.978. The van der Waals surface area contributed by atoms with Gasteiger partial charge in [0.15, 0.2) is 0 Å². The van der Waals surface area contributed by atoms with Crippen LogP contribution < -0.4 is 10.1 Å². The van der Waals surface area contributed by atoms with Gasteiger partial charge in [0.25, 0.3) is 0 Å². The van der Waals surface area contributed by atoms with Gasteiger partial charge < -0.3 is 10.1 Å². The standard InChI is InChI=1S/C11H14Cl2N2O/c1-3-5-6-16-11-9(13)7-8(12)10(15-11)14-4-2/h3,7H,1,4-6H2,2H3,(H,14,15). The molecule has 1 N–H and O–H groups in total. The van der Waals surface area contributed by atoms with Gasteiger partial charge in [0.05, 0.1) is 11.6 Å². The van der Waals surface area contributed by atoms with Gasteiger partial charge in [0.1, 0.15) is 10.8 Å². The van der Waals surface area contributed by atoms with E-state index in [1.165, 1.54) is 0 Å². The number of nitrogens with zero attached hydrogens (tertiary/aromatic N) is 1. The molecule has 1 aromatic rings. The van der Waals surface area contributed by atoms with Crippen molar-refractivity contribution in [3.63, 3.8) is 0 Å². The van der Waals surface area contributed by atoms with Crippen LogP contribution in [0, 0.1) is 0 Å². The van der Waals surface area contributed by atoms with Crippen molar-refractivity contribution in [3.05, 3.63) is 28.8 Å². The quantitative estimate of drug-likeness (QED) is 0.625. The molecule has 0 radical (unpaired) electrons. The lowest BCUT2D eigenvalue weighted by Crippen LogP contribution is -2.04. The average molecular weight is 261 g/mol. The Morgan fingerprint density at radius 1 is 1.50 bits per heavy atom. The molecule has 0 aliphatic rings. The van der Waals surface area contributed by atoms with Crippen molar-refractivity contribution < 1.29 is 4.74 Å². The van der Waals surface area contributed by atoms with Crippen LogP contribution in [0.3, 0.4) is 0 Å². The molecule has 88 valence electrons. The maximum Gasteiger partial charge on any atom is 0.234 e. The number of aromatic nitrogens is 1. The number of anilines is 1. The van der Waals surface area contributed by atoms with E-state index in [1.54, 1.807) is 12.1 Å². The molecule has 0 saturated carbocycles. The first-order chi connectivity index (χ1) is 7.69. The summed E-state index contributed by atoms with van der Waals surface area (Å²) in [6, 6.07) is 1.62. The van der Waals surface area contributed by atoms with Crippen molar-refractivity contribution in [1.29, 1.82) is 0 Å². The highest BCUT2D eigenvalue weighted by atomic mass is 35.5. The van der Waals surface area contributed by atoms with Gasteiger partial charge in [0, 0.05) is 6.54 Å². The molecule has 1 heterocycles. The van der Waals surface area contributed by atoms with Crippen molar-refractivity contribution in [3.8, 4) is 5.88 Å². The molecular formula is C11H14Cl2N2O. The molecule has 0 saturated heterocycles. The van der Waals surface area contributed by atoms with Crippen LogP contribution in [0.4, 0.5) is 5.82 Å². The summed E-state index contributed by atoms with van der Waals surface area (Å²) in [7, 11) is 0. The zero-order chi connectivity index (χ0) is 12.0. The van der Waals surface area contributed by atoms with E-state index < -0.39 is 0 Å². The maximum absolute atomic E-state index is 5.96. The molecular weight excluding hydrogens is 247 g/mol. The van der Waals surface area contributed by atoms with Crippen LogP contribution in [0.1, 0.15) is 13.3 Å². The van der Waals surface area contributed by atoms with E-state index in [1.807, 2.05) is 6.92 Å². The maximum atomic E-state index is 5.96. The molecule has 0 amide bonds. The summed E-state index contributed by atoms with van der Waals surface area (Å²) in [6.45, 7) is 6.81. The van der Waals surface area contributed by atoms with Gasteiger partial charge in [-0.25, -0.2) is 0 Å². The van der Waals surface area contributed by atoms with Crippen LogP contribution in [0.25, 0.3) is 0 Å². The molecule has 16 heavy (non-hydrogen) atoms. The SMILES string of the molecule is C=CCCOc1nc(NCC)c(Cl)cc1Cl. The van der Waals surface area contributed by atoms with Crippen LogP contribution in [0.5, 0.6) is 5.88 Å². The van der Waals surface area contributed by atoms with E-state index in [4.69, 9.17) is 27.9 Å². The number of rotatable bonds is 6. The molecule has 0 aliphatic carbocycles. The molecule has 0 fully saturated rings. The van der Waals surface area contributed by atoms with E-state index in [9.17, 15) is 0 Å². The predicted molar refractivity (Wildman–Crippen MR) is 68.7 cm³/mol. The van der Waals surface area contributed by atoms with Gasteiger partial charge in [-0.1, -0.05) is 29.3 Å². The van der Waals surface area contributed by atoms with Crippen LogP contribution in [0.15, 0.2) is 18.7 Å². The Balaban J connectivity index is 2.82. The summed E-state index contributed by atoms with van der Waals surface area (Å²) in [5, 5.41) is 3.93. The first kappa shape index (κ1) is 13.1. The number of nitrogens with one attached hydrogen (secondary N) is 1. The van der Waals surface area contributed by atoms with Gasteiger partial charge in [-0.2, -0.15) is 4.98 Å². The topological polar surface area (TPSA) is 34.1 Å². The molecule has 3 nitrogen and oxygen atoms in total. The lowest BCUT2D eigenvalue weighted by Gasteiger charge is -2.10. The number of pyridine rings is 1. The Hall–Kier alpha value is -0.930. The molecule has 0 spiro atoms. The Bertz CT molecular complexity index is 369. The van der Waals surface area contributed by atoms with Crippen LogP contribution >= 0.6 is 23.2 Å². The molecule has 0 unspecified atom stereocenters. The Labute approximate surface area is 105 Å². The predicted octanol–water partition coefficient (Wildman–Crippen LogP) is 3.78. The number of halogens is 2. The first-order valence-corrected chi connectivity index (χ1v) is 5.78. The number of ether oxygens (including phenoxy) is 1. The molecule has 0 aromatic carbocycles. The van der Waals surface area contributed by atoms with Crippen molar-refractivity contribution in [1.82, 2.24) is 4.98 Å². The summed E-state index contributed by atoms with van der Waals surface area (Å²) in [4.78, 5) is 4.20. The van der Waals surface area contributed by atoms with Crippen molar-refractivity contribution >= 4 is 29.0 Å². The van der Waals surface area contributed by atoms with Crippen molar-refractivity contribution in [2.45, 2.75) is 13.3 Å². The Kier molecular flexibility index (Phi) is 5.43. The minimum atomic E-state index is 0.392. The minimum absolute atomic E-state index is 0.392. The molecule has 0 aliphatic heterocycles. The smallest absolute Gasteiger partial charge is 0.234 e. The largest absolute Gasteiger partial charge is 0.476 e. The molecule has 1 aromatic heterocycles. The third kappa shape index (κ3) is 3.58. The highest BCUT2D eigenvalue weighted by Crippen LogP contribution is 2.30. The van der Waals surface area contributed by atoms with Gasteiger partial charge >= 0.3 is 0 Å². The van der Waals surface area contributed by atoms with Crippen LogP contribution in [-0.4, -0.2) is 18.1 Å². The summed E-state index contributed by atoms with van der Waals surface area (Å²) in [5.41, 5.74) is 0. The van der Waals surface area contributed by atoms with E-state index in [2.05, 4.69) is 16.9 Å². The van der Waals surface area contributed by atoms with E-state index in [-0.39, 0.29) is 0 Å². The van der Waals surface area contributed by atoms with Gasteiger partial charge in [-0.15, -0.1) is 6.58 Å². The molecule has 1 rings (SSSR count).